The van der Waals surface area contributed by atoms with Gasteiger partial charge < -0.3 is 4.57 Å². The molecule has 0 bridgehead atoms. The number of hydrogen-bond donors (Lipinski definition) is 0. The summed E-state index contributed by atoms with van der Waals surface area (Å²) in [6.45, 7) is 4.71. The zero-order valence-corrected chi connectivity index (χ0v) is 35.9. The van der Waals surface area contributed by atoms with Crippen LogP contribution in [0.25, 0.3) is 111 Å². The third-order valence-electron chi connectivity index (χ3n) is 13.6. The maximum atomic E-state index is 5.63. The van der Waals surface area contributed by atoms with E-state index in [1.54, 1.807) is 0 Å². The van der Waals surface area contributed by atoms with Crippen LogP contribution < -0.4 is 0 Å². The summed E-state index contributed by atoms with van der Waals surface area (Å²) in [5.41, 5.74) is 16.6. The molecule has 306 valence electrons. The first-order chi connectivity index (χ1) is 32.0. The zero-order valence-electron chi connectivity index (χ0n) is 35.9. The van der Waals surface area contributed by atoms with Crippen molar-refractivity contribution in [2.75, 3.05) is 0 Å². The third kappa shape index (κ3) is 5.62. The summed E-state index contributed by atoms with van der Waals surface area (Å²) in [5.74, 6) is 1.78. The van der Waals surface area contributed by atoms with Crippen LogP contribution in [0.3, 0.4) is 0 Å². The lowest BCUT2D eigenvalue weighted by atomic mass is 9.81. The van der Waals surface area contributed by atoms with Crippen LogP contribution in [0.2, 0.25) is 0 Å². The Hall–Kier alpha value is -8.41. The van der Waals surface area contributed by atoms with Crippen LogP contribution >= 0.6 is 0 Å². The van der Waals surface area contributed by atoms with Crippen molar-refractivity contribution in [3.05, 3.63) is 223 Å². The van der Waals surface area contributed by atoms with E-state index in [4.69, 9.17) is 15.0 Å². The van der Waals surface area contributed by atoms with Crippen molar-refractivity contribution in [3.63, 3.8) is 0 Å². The lowest BCUT2D eigenvalue weighted by Crippen LogP contribution is -2.17. The zero-order chi connectivity index (χ0) is 43.2. The molecule has 65 heavy (non-hydrogen) atoms. The predicted molar refractivity (Wildman–Crippen MR) is 268 cm³/mol. The molecular formula is C60H41N5. The molecule has 5 heteroatoms. The van der Waals surface area contributed by atoms with Gasteiger partial charge in [0.2, 0.25) is 5.95 Å². The Bertz CT molecular complexity index is 3860. The Morgan fingerprint density at radius 2 is 0.892 bits per heavy atom. The van der Waals surface area contributed by atoms with Crippen LogP contribution in [-0.2, 0) is 5.41 Å². The smallest absolute Gasteiger partial charge is 0.238 e. The summed E-state index contributed by atoms with van der Waals surface area (Å²) >= 11 is 0. The fourth-order valence-electron chi connectivity index (χ4n) is 10.7. The normalized spacial score (nSPS) is 12.9. The molecule has 5 nitrogen and oxygen atoms in total. The van der Waals surface area contributed by atoms with Gasteiger partial charge in [0.05, 0.1) is 22.1 Å². The Kier molecular flexibility index (Phi) is 8.18. The van der Waals surface area contributed by atoms with Crippen LogP contribution in [0.4, 0.5) is 0 Å². The topological polar surface area (TPSA) is 48.5 Å². The number of para-hydroxylation sites is 4. The highest BCUT2D eigenvalue weighted by Crippen LogP contribution is 2.53. The van der Waals surface area contributed by atoms with E-state index < -0.39 is 0 Å². The molecule has 0 unspecified atom stereocenters. The number of benzene rings is 9. The number of aromatic nitrogens is 5. The van der Waals surface area contributed by atoms with Gasteiger partial charge in [-0.1, -0.05) is 190 Å². The number of rotatable bonds is 6. The fourth-order valence-corrected chi connectivity index (χ4v) is 10.7. The molecule has 0 fully saturated rings. The molecule has 0 atom stereocenters. The SMILES string of the molecule is CC1(C)c2ccccc2-c2ccc3c4ccccc4n(-c4nc(-c5ccccc5-c5cccc(-c6ccccc6)c5)nc(-c5cccc6c7ccccc7n(-c7ccccc7)c56)n4)c3c21. The van der Waals surface area contributed by atoms with Crippen LogP contribution in [0.15, 0.2) is 212 Å². The van der Waals surface area contributed by atoms with Gasteiger partial charge in [-0.2, -0.15) is 9.97 Å². The minimum absolute atomic E-state index is 0.283. The van der Waals surface area contributed by atoms with Crippen molar-refractivity contribution < 1.29 is 0 Å². The minimum atomic E-state index is -0.283. The highest BCUT2D eigenvalue weighted by Gasteiger charge is 2.39. The van der Waals surface area contributed by atoms with Crippen molar-refractivity contribution in [3.8, 4) is 67.8 Å². The molecule has 12 aromatic rings. The van der Waals surface area contributed by atoms with Crippen molar-refractivity contribution in [1.82, 2.24) is 24.1 Å². The molecule has 0 N–H and O–H groups in total. The summed E-state index contributed by atoms with van der Waals surface area (Å²) < 4.78 is 4.68. The second-order valence-electron chi connectivity index (χ2n) is 17.6. The van der Waals surface area contributed by atoms with Gasteiger partial charge in [0, 0.05) is 43.8 Å². The van der Waals surface area contributed by atoms with Crippen molar-refractivity contribution in [2.24, 2.45) is 0 Å². The molecule has 0 amide bonds. The van der Waals surface area contributed by atoms with Gasteiger partial charge >= 0.3 is 0 Å². The first kappa shape index (κ1) is 37.2. The second-order valence-corrected chi connectivity index (χ2v) is 17.6. The maximum absolute atomic E-state index is 5.63. The van der Waals surface area contributed by atoms with E-state index in [1.807, 2.05) is 0 Å². The number of nitrogens with zero attached hydrogens (tertiary/aromatic N) is 5. The van der Waals surface area contributed by atoms with Crippen LogP contribution in [0.5, 0.6) is 0 Å². The summed E-state index contributed by atoms with van der Waals surface area (Å²) in [4.78, 5) is 16.8. The largest absolute Gasteiger partial charge is 0.309 e. The minimum Gasteiger partial charge on any atom is -0.309 e. The van der Waals surface area contributed by atoms with E-state index in [2.05, 4.69) is 235 Å². The fraction of sp³-hybridized carbons (Fsp3) is 0.0500. The van der Waals surface area contributed by atoms with E-state index in [0.717, 1.165) is 66.3 Å². The summed E-state index contributed by atoms with van der Waals surface area (Å²) in [7, 11) is 0. The standard InChI is InChI=1S/C60H41N5/c1-60(2)51-32-14-11-26-43(51)46-35-36-48-45-28-13-16-34-53(45)65(56(48)54(46)60)59-62-57(49-29-10-9-25-42(49)40-22-17-21-39(37-40)38-19-5-3-6-20-38)61-58(63-59)50-31-18-30-47-44-27-12-15-33-52(44)64(55(47)50)41-23-7-4-8-24-41/h3-37H,1-2H3. The van der Waals surface area contributed by atoms with Crippen molar-refractivity contribution in [2.45, 2.75) is 19.3 Å². The molecule has 0 spiro atoms. The van der Waals surface area contributed by atoms with E-state index in [1.165, 1.54) is 38.6 Å². The van der Waals surface area contributed by atoms with Crippen molar-refractivity contribution >= 4 is 43.6 Å². The molecule has 3 aromatic heterocycles. The lowest BCUT2D eigenvalue weighted by Gasteiger charge is -2.23. The Labute approximate surface area is 376 Å². The summed E-state index contributed by atoms with van der Waals surface area (Å²) in [5, 5.41) is 4.64. The molecule has 9 aromatic carbocycles. The van der Waals surface area contributed by atoms with Gasteiger partial charge in [0.25, 0.3) is 0 Å². The maximum Gasteiger partial charge on any atom is 0.238 e. The monoisotopic (exact) mass is 831 g/mol. The molecule has 0 saturated heterocycles. The first-order valence-corrected chi connectivity index (χ1v) is 22.3. The van der Waals surface area contributed by atoms with Gasteiger partial charge in [-0.15, -0.1) is 0 Å². The third-order valence-corrected chi connectivity index (χ3v) is 13.6. The Balaban J connectivity index is 1.14. The van der Waals surface area contributed by atoms with E-state index in [-0.39, 0.29) is 5.41 Å². The highest BCUT2D eigenvalue weighted by molar-refractivity contribution is 6.14. The van der Waals surface area contributed by atoms with E-state index >= 15 is 0 Å². The summed E-state index contributed by atoms with van der Waals surface area (Å²) in [6.07, 6.45) is 0. The Morgan fingerprint density at radius 1 is 0.354 bits per heavy atom. The highest BCUT2D eigenvalue weighted by atomic mass is 15.2. The molecule has 0 saturated carbocycles. The number of hydrogen-bond acceptors (Lipinski definition) is 3. The van der Waals surface area contributed by atoms with Crippen LogP contribution in [0, 0.1) is 0 Å². The average molecular weight is 832 g/mol. The van der Waals surface area contributed by atoms with Gasteiger partial charge in [-0.05, 0) is 80.9 Å². The average Bonchev–Trinajstić information content (AvgIpc) is 3.97. The molecule has 13 rings (SSSR count). The van der Waals surface area contributed by atoms with Gasteiger partial charge in [-0.25, -0.2) is 4.98 Å². The van der Waals surface area contributed by atoms with Crippen molar-refractivity contribution in [1.29, 1.82) is 0 Å². The van der Waals surface area contributed by atoms with Crippen LogP contribution in [0.1, 0.15) is 25.0 Å². The van der Waals surface area contributed by atoms with Crippen LogP contribution in [-0.4, -0.2) is 24.1 Å². The van der Waals surface area contributed by atoms with Gasteiger partial charge in [0.15, 0.2) is 11.6 Å². The van der Waals surface area contributed by atoms with Gasteiger partial charge in [0.1, 0.15) is 0 Å². The quantitative estimate of drug-likeness (QED) is 0.168. The van der Waals surface area contributed by atoms with E-state index in [9.17, 15) is 0 Å². The number of fused-ring (bicyclic) bond motifs is 10. The first-order valence-electron chi connectivity index (χ1n) is 22.3. The molecule has 1 aliphatic carbocycles. The van der Waals surface area contributed by atoms with Gasteiger partial charge in [-0.3, -0.25) is 4.57 Å². The second kappa shape index (κ2) is 14.3. The lowest BCUT2D eigenvalue weighted by molar-refractivity contribution is 0.663. The molecule has 0 aliphatic heterocycles. The predicted octanol–water partition coefficient (Wildman–Crippen LogP) is 15.0. The molecule has 1 aliphatic rings. The molecule has 0 radical (unpaired) electrons. The summed E-state index contributed by atoms with van der Waals surface area (Å²) in [6, 6.07) is 75.8. The Morgan fingerprint density at radius 3 is 1.66 bits per heavy atom. The van der Waals surface area contributed by atoms with E-state index in [0.29, 0.717) is 17.6 Å². The molecule has 3 heterocycles. The molecular weight excluding hydrogens is 791 g/mol.